The van der Waals surface area contributed by atoms with Gasteiger partial charge in [-0.15, -0.1) is 0 Å². The second-order valence-corrected chi connectivity index (χ2v) is 3.21. The molecule has 0 radical (unpaired) electrons. The fourth-order valence-corrected chi connectivity index (χ4v) is 1.39. The number of ether oxygens (including phenoxy) is 2. The zero-order valence-electron chi connectivity index (χ0n) is 9.06. The van der Waals surface area contributed by atoms with E-state index in [1.54, 1.807) is 0 Å². The van der Waals surface area contributed by atoms with Crippen molar-refractivity contribution >= 4 is 24.0 Å². The van der Waals surface area contributed by atoms with Gasteiger partial charge >= 0.3 is 58.4 Å². The minimum atomic E-state index is -5.14. The molecule has 0 amide bonds. The Hall–Kier alpha value is 0.601. The molecule has 0 heterocycles. The summed E-state index contributed by atoms with van der Waals surface area (Å²) >= 11 is 5.59. The Balaban J connectivity index is 0.00000225. The molecule has 1 rings (SSSR count). The Morgan fingerprint density at radius 2 is 1.56 bits per heavy atom. The van der Waals surface area contributed by atoms with Gasteiger partial charge in [0.25, 0.3) is 0 Å². The molecule has 0 aromatic heterocycles. The molecule has 0 aliphatic rings. The van der Waals surface area contributed by atoms with Crippen molar-refractivity contribution in [2.75, 3.05) is 14.2 Å². The van der Waals surface area contributed by atoms with Crippen molar-refractivity contribution in [2.24, 2.45) is 0 Å². The molecule has 0 N–H and O–H groups in total. The Morgan fingerprint density at radius 1 is 1.06 bits per heavy atom. The third-order valence-electron chi connectivity index (χ3n) is 1.86. The maximum Gasteiger partial charge on any atom is 1.00 e. The van der Waals surface area contributed by atoms with Gasteiger partial charge in [0.05, 0.1) is 25.0 Å². The maximum absolute atomic E-state index is 12.5. The molecule has 8 heteroatoms. The largest absolute Gasteiger partial charge is 1.00 e. The number of halogens is 4. The van der Waals surface area contributed by atoms with E-state index in [4.69, 9.17) is 16.3 Å². The van der Waals surface area contributed by atoms with Gasteiger partial charge in [0.1, 0.15) is 5.75 Å². The van der Waals surface area contributed by atoms with Gasteiger partial charge in [-0.1, -0.05) is 23.1 Å². The minimum Gasteiger partial charge on any atom is -0.500 e. The van der Waals surface area contributed by atoms with Crippen LogP contribution in [0.3, 0.4) is 0 Å². The van der Waals surface area contributed by atoms with Crippen LogP contribution in [-0.2, 0) is 0 Å². The van der Waals surface area contributed by atoms with Crippen LogP contribution in [0, 0.1) is 0 Å². The molecule has 1 aromatic carbocycles. The SMILES string of the molecule is COc1cc(OC)c([B-](F)(F)F)cc1Cl.[K+]. The summed E-state index contributed by atoms with van der Waals surface area (Å²) in [6.45, 7) is -5.14. The average molecular weight is 279 g/mol. The van der Waals surface area contributed by atoms with Crippen LogP contribution < -0.4 is 66.3 Å². The van der Waals surface area contributed by atoms with Crippen LogP contribution in [0.15, 0.2) is 12.1 Å². The summed E-state index contributed by atoms with van der Waals surface area (Å²) in [5.41, 5.74) is -0.858. The number of hydrogen-bond acceptors (Lipinski definition) is 2. The fraction of sp³-hybridized carbons (Fsp3) is 0.250. The summed E-state index contributed by atoms with van der Waals surface area (Å²) in [6, 6.07) is 1.92. The van der Waals surface area contributed by atoms with Crippen LogP contribution >= 0.6 is 11.6 Å². The van der Waals surface area contributed by atoms with Crippen LogP contribution in [-0.4, -0.2) is 21.2 Å². The molecule has 0 aliphatic heterocycles. The van der Waals surface area contributed by atoms with Gasteiger partial charge in [-0.25, -0.2) is 0 Å². The molecular formula is C8H8BClF3KO2. The Morgan fingerprint density at radius 3 is 1.94 bits per heavy atom. The van der Waals surface area contributed by atoms with E-state index in [2.05, 4.69) is 4.74 Å². The monoisotopic (exact) mass is 278 g/mol. The molecule has 1 aromatic rings. The predicted octanol–water partition coefficient (Wildman–Crippen LogP) is -0.584. The van der Waals surface area contributed by atoms with E-state index in [0.717, 1.165) is 19.2 Å². The number of methoxy groups -OCH3 is 2. The van der Waals surface area contributed by atoms with Crippen molar-refractivity contribution in [1.29, 1.82) is 0 Å². The van der Waals surface area contributed by atoms with Crippen molar-refractivity contribution in [3.63, 3.8) is 0 Å². The van der Waals surface area contributed by atoms with Gasteiger partial charge in [-0.05, 0) is 0 Å². The average Bonchev–Trinajstić information content (AvgIpc) is 2.16. The molecule has 0 bridgehead atoms. The van der Waals surface area contributed by atoms with Crippen LogP contribution in [0.1, 0.15) is 0 Å². The summed E-state index contributed by atoms with van der Waals surface area (Å²) < 4.78 is 47.0. The number of hydrogen-bond donors (Lipinski definition) is 0. The molecule has 0 fully saturated rings. The van der Waals surface area contributed by atoms with E-state index < -0.39 is 12.4 Å². The standard InChI is InChI=1S/C8H8BClF3O2.K/c1-14-7-4-8(15-2)6(10)3-5(7)9(11,12)13;/h3-4H,1-2H3;/q-1;+1. The van der Waals surface area contributed by atoms with Crippen molar-refractivity contribution in [3.8, 4) is 11.5 Å². The zero-order chi connectivity index (χ0) is 11.6. The molecule has 16 heavy (non-hydrogen) atoms. The first kappa shape index (κ1) is 16.6. The number of rotatable bonds is 3. The Bertz CT molecular complexity index is 373. The van der Waals surface area contributed by atoms with E-state index in [1.165, 1.54) is 7.11 Å². The number of benzene rings is 1. The molecule has 0 spiro atoms. The molecular weight excluding hydrogens is 270 g/mol. The van der Waals surface area contributed by atoms with Gasteiger partial charge in [0.15, 0.2) is 0 Å². The second-order valence-electron chi connectivity index (χ2n) is 2.80. The summed E-state index contributed by atoms with van der Waals surface area (Å²) in [5, 5.41) is -0.0903. The first-order chi connectivity index (χ1) is 6.90. The van der Waals surface area contributed by atoms with Gasteiger partial charge < -0.3 is 22.4 Å². The van der Waals surface area contributed by atoms with Gasteiger partial charge in [-0.2, -0.15) is 0 Å². The minimum absolute atomic E-state index is 0. The second kappa shape index (κ2) is 6.51. The third kappa shape index (κ3) is 3.82. The van der Waals surface area contributed by atoms with E-state index in [0.29, 0.717) is 0 Å². The van der Waals surface area contributed by atoms with E-state index in [-0.39, 0.29) is 67.9 Å². The van der Waals surface area contributed by atoms with Gasteiger partial charge in [0.2, 0.25) is 0 Å². The van der Waals surface area contributed by atoms with Crippen molar-refractivity contribution in [2.45, 2.75) is 0 Å². The summed E-state index contributed by atoms with van der Waals surface area (Å²) in [4.78, 5) is 0. The Kier molecular flexibility index (Phi) is 6.76. The first-order valence-corrected chi connectivity index (χ1v) is 4.39. The first-order valence-electron chi connectivity index (χ1n) is 4.01. The summed E-state index contributed by atoms with van der Waals surface area (Å²) in [6.07, 6.45) is 0. The normalized spacial score (nSPS) is 10.6. The van der Waals surface area contributed by atoms with E-state index in [1.807, 2.05) is 0 Å². The maximum atomic E-state index is 12.5. The predicted molar refractivity (Wildman–Crippen MR) is 53.3 cm³/mol. The molecule has 0 saturated heterocycles. The van der Waals surface area contributed by atoms with Crippen LogP contribution in [0.5, 0.6) is 11.5 Å². The topological polar surface area (TPSA) is 18.5 Å². The van der Waals surface area contributed by atoms with Crippen LogP contribution in [0.25, 0.3) is 0 Å². The van der Waals surface area contributed by atoms with Gasteiger partial charge in [0, 0.05) is 6.07 Å². The van der Waals surface area contributed by atoms with Gasteiger partial charge in [-0.3, -0.25) is 0 Å². The molecule has 0 unspecified atom stereocenters. The fourth-order valence-electron chi connectivity index (χ4n) is 1.14. The molecule has 0 aliphatic carbocycles. The zero-order valence-corrected chi connectivity index (χ0v) is 12.9. The van der Waals surface area contributed by atoms with Crippen LogP contribution in [0.2, 0.25) is 5.02 Å². The summed E-state index contributed by atoms with van der Waals surface area (Å²) in [5.74, 6) is -0.138. The van der Waals surface area contributed by atoms with Crippen molar-refractivity contribution in [3.05, 3.63) is 17.2 Å². The van der Waals surface area contributed by atoms with Crippen molar-refractivity contribution < 1.29 is 73.8 Å². The molecule has 0 saturated carbocycles. The Labute approximate surface area is 139 Å². The van der Waals surface area contributed by atoms with Crippen LogP contribution in [0.4, 0.5) is 12.9 Å². The molecule has 84 valence electrons. The smallest absolute Gasteiger partial charge is 0.500 e. The van der Waals surface area contributed by atoms with Crippen molar-refractivity contribution in [1.82, 2.24) is 0 Å². The quantitative estimate of drug-likeness (QED) is 0.689. The van der Waals surface area contributed by atoms with E-state index >= 15 is 0 Å². The third-order valence-corrected chi connectivity index (χ3v) is 2.15. The molecule has 2 nitrogen and oxygen atoms in total. The van der Waals surface area contributed by atoms with E-state index in [9.17, 15) is 12.9 Å². The molecule has 0 atom stereocenters. The summed E-state index contributed by atoms with van der Waals surface area (Å²) in [7, 11) is 2.48.